The molecule has 0 radical (unpaired) electrons. The van der Waals surface area contributed by atoms with Gasteiger partial charge in [0.05, 0.1) is 24.4 Å². The number of nitrogen functional groups attached to an aromatic ring is 1. The number of para-hydroxylation sites is 1. The van der Waals surface area contributed by atoms with Crippen molar-refractivity contribution in [1.29, 1.82) is 0 Å². The summed E-state index contributed by atoms with van der Waals surface area (Å²) in [5, 5.41) is 4.43. The topological polar surface area (TPSA) is 53.1 Å². The van der Waals surface area contributed by atoms with Gasteiger partial charge in [-0.05, 0) is 32.8 Å². The van der Waals surface area contributed by atoms with Gasteiger partial charge in [-0.2, -0.15) is 5.10 Å². The number of nitrogens with two attached hydrogens (primary N) is 1. The number of rotatable bonds is 3. The molecule has 20 heavy (non-hydrogen) atoms. The normalized spacial score (nSPS) is 21.2. The summed E-state index contributed by atoms with van der Waals surface area (Å²) in [4.78, 5) is 0. The minimum absolute atomic E-state index is 0.00447. The van der Waals surface area contributed by atoms with Gasteiger partial charge in [-0.15, -0.1) is 0 Å². The molecule has 1 aromatic carbocycles. The molecule has 1 atom stereocenters. The maximum absolute atomic E-state index is 6.01. The standard InChI is InChI=1S/C16H21N3O/c1-16(2)8-7-13(20-16)11-19-10-12(9-18-19)14-5-3-4-6-15(14)17/h3-6,9-10,13H,7-8,11,17H2,1-2H3. The third-order valence-electron chi connectivity index (χ3n) is 3.85. The zero-order valence-electron chi connectivity index (χ0n) is 12.0. The second-order valence-electron chi connectivity index (χ2n) is 6.08. The predicted molar refractivity (Wildman–Crippen MR) is 80.3 cm³/mol. The zero-order valence-corrected chi connectivity index (χ0v) is 12.0. The first-order chi connectivity index (χ1) is 9.53. The molecule has 2 N–H and O–H groups in total. The molecular formula is C16H21N3O. The van der Waals surface area contributed by atoms with Crippen LogP contribution in [0.15, 0.2) is 36.7 Å². The molecule has 0 spiro atoms. The van der Waals surface area contributed by atoms with Crippen LogP contribution in [-0.4, -0.2) is 21.5 Å². The van der Waals surface area contributed by atoms with Crippen molar-refractivity contribution in [3.63, 3.8) is 0 Å². The molecule has 1 aliphatic heterocycles. The summed E-state index contributed by atoms with van der Waals surface area (Å²) in [6.07, 6.45) is 6.37. The molecule has 4 heteroatoms. The second-order valence-corrected chi connectivity index (χ2v) is 6.08. The lowest BCUT2D eigenvalue weighted by atomic mass is 10.1. The zero-order chi connectivity index (χ0) is 14.2. The van der Waals surface area contributed by atoms with Crippen molar-refractivity contribution in [2.75, 3.05) is 5.73 Å². The molecule has 0 amide bonds. The maximum atomic E-state index is 6.01. The molecule has 1 aromatic heterocycles. The summed E-state index contributed by atoms with van der Waals surface area (Å²) in [7, 11) is 0. The van der Waals surface area contributed by atoms with Gasteiger partial charge in [0.15, 0.2) is 0 Å². The molecule has 3 rings (SSSR count). The van der Waals surface area contributed by atoms with Crippen LogP contribution in [0.4, 0.5) is 5.69 Å². The lowest BCUT2D eigenvalue weighted by Crippen LogP contribution is -2.23. The molecule has 1 unspecified atom stereocenters. The highest BCUT2D eigenvalue weighted by molar-refractivity contribution is 5.75. The van der Waals surface area contributed by atoms with Crippen LogP contribution in [0.1, 0.15) is 26.7 Å². The molecule has 4 nitrogen and oxygen atoms in total. The SMILES string of the molecule is CC1(C)CCC(Cn2cc(-c3ccccc3N)cn2)O1. The van der Waals surface area contributed by atoms with Gasteiger partial charge in [-0.25, -0.2) is 0 Å². The third kappa shape index (κ3) is 2.70. The van der Waals surface area contributed by atoms with E-state index >= 15 is 0 Å². The molecule has 2 heterocycles. The van der Waals surface area contributed by atoms with Crippen molar-refractivity contribution in [2.45, 2.75) is 44.9 Å². The average Bonchev–Trinajstić information content (AvgIpc) is 2.97. The molecule has 0 bridgehead atoms. The average molecular weight is 271 g/mol. The van der Waals surface area contributed by atoms with Crippen LogP contribution >= 0.6 is 0 Å². The van der Waals surface area contributed by atoms with Gasteiger partial charge < -0.3 is 10.5 Å². The number of anilines is 1. The predicted octanol–water partition coefficient (Wildman–Crippen LogP) is 3.09. The molecule has 2 aromatic rings. The van der Waals surface area contributed by atoms with Crippen molar-refractivity contribution in [3.05, 3.63) is 36.7 Å². The molecule has 1 fully saturated rings. The highest BCUT2D eigenvalue weighted by Crippen LogP contribution is 2.30. The van der Waals surface area contributed by atoms with Gasteiger partial charge in [0.25, 0.3) is 0 Å². The Hall–Kier alpha value is -1.81. The van der Waals surface area contributed by atoms with Crippen LogP contribution in [0, 0.1) is 0 Å². The molecule has 0 saturated carbocycles. The summed E-state index contributed by atoms with van der Waals surface area (Å²) < 4.78 is 7.96. The van der Waals surface area contributed by atoms with E-state index in [0.717, 1.165) is 36.2 Å². The van der Waals surface area contributed by atoms with Crippen LogP contribution < -0.4 is 5.73 Å². The fraction of sp³-hybridized carbons (Fsp3) is 0.438. The highest BCUT2D eigenvalue weighted by Gasteiger charge is 2.31. The van der Waals surface area contributed by atoms with E-state index in [1.165, 1.54) is 0 Å². The van der Waals surface area contributed by atoms with E-state index in [1.54, 1.807) is 0 Å². The number of hydrogen-bond acceptors (Lipinski definition) is 3. The maximum Gasteiger partial charge on any atom is 0.0779 e. The molecular weight excluding hydrogens is 250 g/mol. The summed E-state index contributed by atoms with van der Waals surface area (Å²) in [5.41, 5.74) is 8.88. The fourth-order valence-electron chi connectivity index (χ4n) is 2.78. The first-order valence-corrected chi connectivity index (χ1v) is 7.09. The molecule has 106 valence electrons. The number of aromatic nitrogens is 2. The summed E-state index contributed by atoms with van der Waals surface area (Å²) in [6.45, 7) is 5.09. The lowest BCUT2D eigenvalue weighted by Gasteiger charge is -2.19. The Bertz CT molecular complexity index is 603. The van der Waals surface area contributed by atoms with Gasteiger partial charge in [-0.3, -0.25) is 4.68 Å². The Morgan fingerprint density at radius 1 is 1.40 bits per heavy atom. The van der Waals surface area contributed by atoms with E-state index in [2.05, 4.69) is 18.9 Å². The Labute approximate surface area is 119 Å². The number of hydrogen-bond donors (Lipinski definition) is 1. The van der Waals surface area contributed by atoms with E-state index < -0.39 is 0 Å². The van der Waals surface area contributed by atoms with E-state index in [9.17, 15) is 0 Å². The minimum atomic E-state index is 0.00447. The van der Waals surface area contributed by atoms with Crippen molar-refractivity contribution < 1.29 is 4.74 Å². The van der Waals surface area contributed by atoms with Gasteiger partial charge in [0.2, 0.25) is 0 Å². The van der Waals surface area contributed by atoms with E-state index in [1.807, 2.05) is 41.3 Å². The number of ether oxygens (including phenoxy) is 1. The van der Waals surface area contributed by atoms with E-state index in [4.69, 9.17) is 10.5 Å². The van der Waals surface area contributed by atoms with Crippen LogP contribution in [0.5, 0.6) is 0 Å². The van der Waals surface area contributed by atoms with Crippen molar-refractivity contribution in [1.82, 2.24) is 9.78 Å². The number of benzene rings is 1. The molecule has 1 saturated heterocycles. The first-order valence-electron chi connectivity index (χ1n) is 7.09. The quantitative estimate of drug-likeness (QED) is 0.873. The van der Waals surface area contributed by atoms with Crippen molar-refractivity contribution >= 4 is 5.69 Å². The monoisotopic (exact) mass is 271 g/mol. The molecule has 1 aliphatic rings. The Morgan fingerprint density at radius 3 is 2.90 bits per heavy atom. The van der Waals surface area contributed by atoms with Crippen molar-refractivity contribution in [3.8, 4) is 11.1 Å². The Morgan fingerprint density at radius 2 is 2.20 bits per heavy atom. The second kappa shape index (κ2) is 4.94. The van der Waals surface area contributed by atoms with Crippen molar-refractivity contribution in [2.24, 2.45) is 0 Å². The van der Waals surface area contributed by atoms with Crippen LogP contribution in [-0.2, 0) is 11.3 Å². The Kier molecular flexibility index (Phi) is 3.26. The smallest absolute Gasteiger partial charge is 0.0779 e. The van der Waals surface area contributed by atoms with Crippen LogP contribution in [0.2, 0.25) is 0 Å². The largest absolute Gasteiger partial charge is 0.398 e. The van der Waals surface area contributed by atoms with Gasteiger partial charge in [0, 0.05) is 23.0 Å². The summed E-state index contributed by atoms with van der Waals surface area (Å²) in [5.74, 6) is 0. The van der Waals surface area contributed by atoms with E-state index in [-0.39, 0.29) is 11.7 Å². The third-order valence-corrected chi connectivity index (χ3v) is 3.85. The minimum Gasteiger partial charge on any atom is -0.398 e. The lowest BCUT2D eigenvalue weighted by molar-refractivity contribution is -0.0229. The molecule has 0 aliphatic carbocycles. The first kappa shape index (κ1) is 13.2. The van der Waals surface area contributed by atoms with Crippen LogP contribution in [0.3, 0.4) is 0 Å². The highest BCUT2D eigenvalue weighted by atomic mass is 16.5. The fourth-order valence-corrected chi connectivity index (χ4v) is 2.78. The number of nitrogens with zero attached hydrogens (tertiary/aromatic N) is 2. The van der Waals surface area contributed by atoms with Gasteiger partial charge >= 0.3 is 0 Å². The van der Waals surface area contributed by atoms with Crippen LogP contribution in [0.25, 0.3) is 11.1 Å². The van der Waals surface area contributed by atoms with Gasteiger partial charge in [-0.1, -0.05) is 18.2 Å². The van der Waals surface area contributed by atoms with E-state index in [0.29, 0.717) is 0 Å². The Balaban J connectivity index is 1.73. The summed E-state index contributed by atoms with van der Waals surface area (Å²) >= 11 is 0. The van der Waals surface area contributed by atoms with Gasteiger partial charge in [0.1, 0.15) is 0 Å². The summed E-state index contributed by atoms with van der Waals surface area (Å²) in [6, 6.07) is 7.87.